The number of benzene rings is 2. The lowest BCUT2D eigenvalue weighted by molar-refractivity contribution is -0.153. The summed E-state index contributed by atoms with van der Waals surface area (Å²) in [5.41, 5.74) is -1.64. The molecule has 2 N–H and O–H groups in total. The highest BCUT2D eigenvalue weighted by Gasteiger charge is 2.74. The molecule has 206 valence electrons. The van der Waals surface area contributed by atoms with E-state index in [9.17, 15) is 19.5 Å². The van der Waals surface area contributed by atoms with Gasteiger partial charge in [0, 0.05) is 45.3 Å². The van der Waals surface area contributed by atoms with Crippen LogP contribution in [0.3, 0.4) is 0 Å². The Morgan fingerprint density at radius 2 is 1.69 bits per heavy atom. The molecule has 2 unspecified atom stereocenters. The Balaban J connectivity index is 1.54. The number of nitrogens with one attached hydrogen (secondary N) is 1. The number of rotatable bonds is 5. The van der Waals surface area contributed by atoms with Crippen molar-refractivity contribution >= 4 is 75.6 Å². The van der Waals surface area contributed by atoms with Crippen LogP contribution in [0.4, 0.5) is 20.2 Å². The molecule has 1 aliphatic carbocycles. The summed E-state index contributed by atoms with van der Waals surface area (Å²) in [4.78, 5) is 43.7. The molecule has 7 nitrogen and oxygen atoms in total. The topological polar surface area (TPSA) is 90.0 Å². The third kappa shape index (κ3) is 4.20. The van der Waals surface area contributed by atoms with E-state index in [1.807, 2.05) is 0 Å². The van der Waals surface area contributed by atoms with Gasteiger partial charge in [0.2, 0.25) is 5.91 Å². The number of carboxylic acid groups (broad SMARTS) is 1. The Bertz CT molecular complexity index is 1420. The van der Waals surface area contributed by atoms with Crippen LogP contribution in [0.15, 0.2) is 30.3 Å². The number of carboxylic acids is 1. The van der Waals surface area contributed by atoms with Crippen molar-refractivity contribution in [3.8, 4) is 0 Å². The molecular weight excluding hydrogens is 598 g/mol. The molecule has 1 saturated carbocycles. The smallest absolute Gasteiger partial charge is 0.310 e. The number of nitrogens with zero attached hydrogens (tertiary/aromatic N) is 2. The summed E-state index contributed by atoms with van der Waals surface area (Å²) in [6, 6.07) is 6.00. The van der Waals surface area contributed by atoms with Crippen LogP contribution in [0.5, 0.6) is 0 Å². The maximum Gasteiger partial charge on any atom is 0.310 e. The molecule has 3 heterocycles. The lowest BCUT2D eigenvalue weighted by Gasteiger charge is -2.36. The number of amides is 2. The van der Waals surface area contributed by atoms with E-state index in [-0.39, 0.29) is 43.8 Å². The third-order valence-corrected chi connectivity index (χ3v) is 9.10. The van der Waals surface area contributed by atoms with Crippen LogP contribution >= 0.6 is 46.4 Å². The second-order valence-corrected chi connectivity index (χ2v) is 12.4. The van der Waals surface area contributed by atoms with Gasteiger partial charge in [-0.3, -0.25) is 19.3 Å². The summed E-state index contributed by atoms with van der Waals surface area (Å²) in [7, 11) is 0. The molecule has 0 radical (unpaired) electrons. The van der Waals surface area contributed by atoms with Gasteiger partial charge >= 0.3 is 5.97 Å². The Morgan fingerprint density at radius 1 is 1.05 bits per heavy atom. The van der Waals surface area contributed by atoms with E-state index in [0.29, 0.717) is 5.69 Å². The molecule has 2 aromatic rings. The van der Waals surface area contributed by atoms with E-state index in [1.54, 1.807) is 0 Å². The summed E-state index contributed by atoms with van der Waals surface area (Å²) >= 11 is 25.0. The SMILES string of the molecule is O=C(O)[C@H]1C(C(=O)N(CC2CC2)c2cc(Cl)cc(Cl)c2)[C@@H]2CC(F)(F)CN2C12C(=O)Nc1c(Cl)cc(Cl)cc12. The molecule has 0 aromatic heterocycles. The van der Waals surface area contributed by atoms with E-state index in [4.69, 9.17) is 46.4 Å². The molecule has 13 heteroatoms. The van der Waals surface area contributed by atoms with Crippen LogP contribution < -0.4 is 10.2 Å². The van der Waals surface area contributed by atoms with Gasteiger partial charge in [0.05, 0.1) is 23.2 Å². The largest absolute Gasteiger partial charge is 0.481 e. The quantitative estimate of drug-likeness (QED) is 0.433. The Morgan fingerprint density at radius 3 is 2.31 bits per heavy atom. The summed E-state index contributed by atoms with van der Waals surface area (Å²) in [5.74, 6) is -9.33. The first kappa shape index (κ1) is 27.0. The number of hydrogen-bond acceptors (Lipinski definition) is 4. The molecular formula is C26H21Cl4F2N3O4. The summed E-state index contributed by atoms with van der Waals surface area (Å²) in [6.07, 6.45) is 0.921. The van der Waals surface area contributed by atoms with Crippen LogP contribution in [0.2, 0.25) is 20.1 Å². The molecule has 3 aliphatic heterocycles. The van der Waals surface area contributed by atoms with Gasteiger partial charge in [-0.05, 0) is 49.1 Å². The maximum absolute atomic E-state index is 15.0. The van der Waals surface area contributed by atoms with Gasteiger partial charge in [0.1, 0.15) is 11.5 Å². The first-order valence-corrected chi connectivity index (χ1v) is 13.8. The monoisotopic (exact) mass is 617 g/mol. The van der Waals surface area contributed by atoms with E-state index >= 15 is 8.78 Å². The second-order valence-electron chi connectivity index (χ2n) is 10.6. The lowest BCUT2D eigenvalue weighted by Crippen LogP contribution is -2.54. The molecule has 3 fully saturated rings. The zero-order chi connectivity index (χ0) is 28.0. The van der Waals surface area contributed by atoms with Crippen molar-refractivity contribution in [1.29, 1.82) is 0 Å². The van der Waals surface area contributed by atoms with Crippen LogP contribution in [0, 0.1) is 17.8 Å². The molecule has 2 amide bonds. The molecule has 2 aromatic carbocycles. The van der Waals surface area contributed by atoms with Crippen LogP contribution in [-0.2, 0) is 19.9 Å². The fourth-order valence-electron chi connectivity index (χ4n) is 6.54. The van der Waals surface area contributed by atoms with Crippen molar-refractivity contribution < 1.29 is 28.3 Å². The zero-order valence-corrected chi connectivity index (χ0v) is 23.1. The molecule has 39 heavy (non-hydrogen) atoms. The number of carbonyl (C=O) groups excluding carboxylic acids is 2. The van der Waals surface area contributed by atoms with E-state index in [0.717, 1.165) is 12.8 Å². The first-order chi connectivity index (χ1) is 18.3. The number of alkyl halides is 2. The van der Waals surface area contributed by atoms with E-state index < -0.39 is 60.1 Å². The predicted molar refractivity (Wildman–Crippen MR) is 143 cm³/mol. The Hall–Kier alpha value is -2.17. The minimum Gasteiger partial charge on any atom is -0.481 e. The van der Waals surface area contributed by atoms with Crippen molar-refractivity contribution in [2.75, 3.05) is 23.3 Å². The van der Waals surface area contributed by atoms with Crippen LogP contribution in [0.25, 0.3) is 0 Å². The van der Waals surface area contributed by atoms with Crippen molar-refractivity contribution in [1.82, 2.24) is 4.90 Å². The predicted octanol–water partition coefficient (Wildman–Crippen LogP) is 5.93. The van der Waals surface area contributed by atoms with Gasteiger partial charge in [-0.2, -0.15) is 0 Å². The highest BCUT2D eigenvalue weighted by molar-refractivity contribution is 6.38. The van der Waals surface area contributed by atoms with Crippen molar-refractivity contribution in [2.45, 2.75) is 36.8 Å². The van der Waals surface area contributed by atoms with Gasteiger partial charge in [0.15, 0.2) is 0 Å². The highest BCUT2D eigenvalue weighted by Crippen LogP contribution is 2.61. The molecule has 1 spiro atoms. The van der Waals surface area contributed by atoms with Crippen LogP contribution in [0.1, 0.15) is 24.8 Å². The standard InChI is InChI=1S/C26H21Cl4F2N3O4/c27-12-3-13(28)5-15(4-12)34(9-11-1-2-11)22(36)19-18-8-25(31,32)10-35(18)26(20(19)23(37)38)16-6-14(29)7-17(30)21(16)33-24(26)39/h3-7,11,18-20H,1-2,8-10H2,(H,33,39)(H,37,38)/t18-,19?,20+,26?/m0/s1. The zero-order valence-electron chi connectivity index (χ0n) is 20.1. The number of aliphatic carboxylic acids is 1. The van der Waals surface area contributed by atoms with Crippen LogP contribution in [-0.4, -0.2) is 52.8 Å². The Kier molecular flexibility index (Phi) is 6.36. The average Bonchev–Trinajstić information content (AvgIpc) is 3.45. The van der Waals surface area contributed by atoms with Gasteiger partial charge in [-0.15, -0.1) is 0 Å². The normalized spacial score (nSPS) is 28.9. The van der Waals surface area contributed by atoms with E-state index in [1.165, 1.54) is 40.1 Å². The molecule has 6 rings (SSSR count). The summed E-state index contributed by atoms with van der Waals surface area (Å²) < 4.78 is 30.1. The van der Waals surface area contributed by atoms with Crippen molar-refractivity contribution in [2.24, 2.45) is 17.8 Å². The molecule has 4 atom stereocenters. The lowest BCUT2D eigenvalue weighted by atomic mass is 9.73. The number of carbonyl (C=O) groups is 3. The average molecular weight is 619 g/mol. The maximum atomic E-state index is 15.0. The van der Waals surface area contributed by atoms with Gasteiger partial charge < -0.3 is 15.3 Å². The number of hydrogen-bond donors (Lipinski definition) is 2. The van der Waals surface area contributed by atoms with Gasteiger partial charge in [0.25, 0.3) is 11.8 Å². The second kappa shape index (κ2) is 9.17. The van der Waals surface area contributed by atoms with Crippen molar-refractivity contribution in [3.63, 3.8) is 0 Å². The molecule has 0 bridgehead atoms. The Labute approximate surface area is 241 Å². The number of fused-ring (bicyclic) bond motifs is 4. The third-order valence-electron chi connectivity index (χ3n) is 8.15. The minimum absolute atomic E-state index is 0.0353. The summed E-state index contributed by atoms with van der Waals surface area (Å²) in [5, 5.41) is 13.8. The van der Waals surface area contributed by atoms with E-state index in [2.05, 4.69) is 5.32 Å². The molecule has 4 aliphatic rings. The molecule has 2 saturated heterocycles. The number of anilines is 2. The van der Waals surface area contributed by atoms with Crippen molar-refractivity contribution in [3.05, 3.63) is 56.0 Å². The van der Waals surface area contributed by atoms with Gasteiger partial charge in [-0.25, -0.2) is 8.78 Å². The minimum atomic E-state index is -3.27. The summed E-state index contributed by atoms with van der Waals surface area (Å²) in [6.45, 7) is -0.678. The fraction of sp³-hybridized carbons (Fsp3) is 0.423. The van der Waals surface area contributed by atoms with Gasteiger partial charge in [-0.1, -0.05) is 46.4 Å². The number of halogens is 6. The highest BCUT2D eigenvalue weighted by atomic mass is 35.5. The fourth-order valence-corrected chi connectivity index (χ4v) is 7.59. The first-order valence-electron chi connectivity index (χ1n) is 12.3.